The first-order chi connectivity index (χ1) is 7.22. The quantitative estimate of drug-likeness (QED) is 0.746. The second-order valence-electron chi connectivity index (χ2n) is 4.03. The largest absolute Gasteiger partial charge is 0.314 e. The van der Waals surface area contributed by atoms with Gasteiger partial charge in [0.2, 0.25) is 0 Å². The smallest absolute Gasteiger partial charge is 0.0270 e. The number of allylic oxidation sites excluding steroid dienone is 1. The van der Waals surface area contributed by atoms with Crippen molar-refractivity contribution in [1.29, 1.82) is 0 Å². The molecule has 1 N–H and O–H groups in total. The van der Waals surface area contributed by atoms with Gasteiger partial charge in [-0.3, -0.25) is 4.98 Å². The van der Waals surface area contributed by atoms with Gasteiger partial charge in [-0.25, -0.2) is 0 Å². The van der Waals surface area contributed by atoms with Gasteiger partial charge in [0.05, 0.1) is 0 Å². The lowest BCUT2D eigenvalue weighted by Crippen LogP contribution is -2.23. The van der Waals surface area contributed by atoms with Gasteiger partial charge in [0.15, 0.2) is 0 Å². The Kier molecular flexibility index (Phi) is 5.05. The highest BCUT2D eigenvalue weighted by atomic mass is 14.9. The van der Waals surface area contributed by atoms with Crippen molar-refractivity contribution >= 4 is 0 Å². The maximum Gasteiger partial charge on any atom is 0.0270 e. The van der Waals surface area contributed by atoms with Gasteiger partial charge in [-0.2, -0.15) is 0 Å². The summed E-state index contributed by atoms with van der Waals surface area (Å²) < 4.78 is 0. The van der Waals surface area contributed by atoms with Gasteiger partial charge in [0, 0.05) is 18.4 Å². The summed E-state index contributed by atoms with van der Waals surface area (Å²) in [5.41, 5.74) is 2.72. The highest BCUT2D eigenvalue weighted by Gasteiger charge is 2.02. The topological polar surface area (TPSA) is 24.9 Å². The van der Waals surface area contributed by atoms with Crippen molar-refractivity contribution in [2.45, 2.75) is 32.7 Å². The van der Waals surface area contributed by atoms with Crippen molar-refractivity contribution in [3.63, 3.8) is 0 Å². The van der Waals surface area contributed by atoms with Crippen molar-refractivity contribution in [2.75, 3.05) is 7.05 Å². The molecule has 1 heterocycles. The minimum absolute atomic E-state index is 0.475. The molecule has 0 fully saturated rings. The van der Waals surface area contributed by atoms with Gasteiger partial charge in [-0.1, -0.05) is 11.6 Å². The number of aryl methyl sites for hydroxylation is 1. The summed E-state index contributed by atoms with van der Waals surface area (Å²) in [5.74, 6) is 0. The Bertz CT molecular complexity index is 300. The number of pyridine rings is 1. The van der Waals surface area contributed by atoms with Crippen LogP contribution in [-0.4, -0.2) is 18.1 Å². The molecule has 0 bridgehead atoms. The van der Waals surface area contributed by atoms with Crippen LogP contribution in [0, 0.1) is 0 Å². The number of nitrogens with one attached hydrogen (secondary N) is 1. The molecule has 0 aromatic carbocycles. The molecule has 0 saturated carbocycles. The Morgan fingerprint density at radius 1 is 1.40 bits per heavy atom. The standard InChI is InChI=1S/C13H20N2/c1-11(2)10-13(14-3)5-4-12-6-8-15-9-7-12/h6-10,13-14H,4-5H2,1-3H3. The summed E-state index contributed by atoms with van der Waals surface area (Å²) in [4.78, 5) is 4.01. The van der Waals surface area contributed by atoms with Crippen LogP contribution in [0.15, 0.2) is 36.2 Å². The van der Waals surface area contributed by atoms with Crippen LogP contribution in [0.1, 0.15) is 25.8 Å². The van der Waals surface area contributed by atoms with E-state index in [1.165, 1.54) is 11.1 Å². The summed E-state index contributed by atoms with van der Waals surface area (Å²) in [7, 11) is 2.01. The third kappa shape index (κ3) is 4.75. The number of hydrogen-bond donors (Lipinski definition) is 1. The molecule has 0 amide bonds. The zero-order valence-corrected chi connectivity index (χ0v) is 9.83. The van der Waals surface area contributed by atoms with Crippen molar-refractivity contribution in [3.8, 4) is 0 Å². The van der Waals surface area contributed by atoms with Crippen LogP contribution < -0.4 is 5.32 Å². The minimum Gasteiger partial charge on any atom is -0.314 e. The molecular weight excluding hydrogens is 184 g/mol. The summed E-state index contributed by atoms with van der Waals surface area (Å²) in [6.45, 7) is 4.27. The van der Waals surface area contributed by atoms with Crippen LogP contribution in [0.2, 0.25) is 0 Å². The molecular formula is C13H20N2. The van der Waals surface area contributed by atoms with Gasteiger partial charge in [-0.05, 0) is 51.4 Å². The van der Waals surface area contributed by atoms with Crippen LogP contribution in [0.5, 0.6) is 0 Å². The van der Waals surface area contributed by atoms with E-state index in [2.05, 4.69) is 42.4 Å². The summed E-state index contributed by atoms with van der Waals surface area (Å²) in [6.07, 6.45) is 8.21. The molecule has 0 spiro atoms. The number of hydrogen-bond acceptors (Lipinski definition) is 2. The number of nitrogens with zero attached hydrogens (tertiary/aromatic N) is 1. The Morgan fingerprint density at radius 3 is 2.60 bits per heavy atom. The normalized spacial score (nSPS) is 12.2. The first-order valence-electron chi connectivity index (χ1n) is 5.43. The first kappa shape index (κ1) is 11.9. The predicted octanol–water partition coefficient (Wildman–Crippen LogP) is 2.57. The van der Waals surface area contributed by atoms with Crippen LogP contribution in [0.25, 0.3) is 0 Å². The molecule has 2 nitrogen and oxygen atoms in total. The van der Waals surface area contributed by atoms with E-state index < -0.39 is 0 Å². The molecule has 0 aliphatic carbocycles. The van der Waals surface area contributed by atoms with E-state index in [-0.39, 0.29) is 0 Å². The first-order valence-corrected chi connectivity index (χ1v) is 5.43. The van der Waals surface area contributed by atoms with Crippen molar-refractivity contribution in [1.82, 2.24) is 10.3 Å². The van der Waals surface area contributed by atoms with Gasteiger partial charge < -0.3 is 5.32 Å². The lowest BCUT2D eigenvalue weighted by molar-refractivity contribution is 0.610. The molecule has 1 aromatic heterocycles. The third-order valence-electron chi connectivity index (χ3n) is 2.40. The molecule has 82 valence electrons. The fraction of sp³-hybridized carbons (Fsp3) is 0.462. The van der Waals surface area contributed by atoms with E-state index in [1.54, 1.807) is 0 Å². The summed E-state index contributed by atoms with van der Waals surface area (Å²) >= 11 is 0. The third-order valence-corrected chi connectivity index (χ3v) is 2.40. The monoisotopic (exact) mass is 204 g/mol. The highest BCUT2D eigenvalue weighted by molar-refractivity contribution is 5.11. The maximum absolute atomic E-state index is 4.01. The molecule has 2 heteroatoms. The van der Waals surface area contributed by atoms with Gasteiger partial charge in [0.25, 0.3) is 0 Å². The van der Waals surface area contributed by atoms with Gasteiger partial charge in [-0.15, -0.1) is 0 Å². The van der Waals surface area contributed by atoms with Crippen LogP contribution in [0.4, 0.5) is 0 Å². The van der Waals surface area contributed by atoms with Crippen LogP contribution in [-0.2, 0) is 6.42 Å². The Morgan fingerprint density at radius 2 is 2.07 bits per heavy atom. The Hall–Kier alpha value is -1.15. The average Bonchev–Trinajstić information content (AvgIpc) is 2.25. The fourth-order valence-electron chi connectivity index (χ4n) is 1.58. The van der Waals surface area contributed by atoms with E-state index in [0.29, 0.717) is 6.04 Å². The van der Waals surface area contributed by atoms with E-state index >= 15 is 0 Å². The molecule has 0 aliphatic rings. The average molecular weight is 204 g/mol. The molecule has 0 radical (unpaired) electrons. The molecule has 1 aromatic rings. The molecule has 1 unspecified atom stereocenters. The number of aromatic nitrogens is 1. The zero-order valence-electron chi connectivity index (χ0n) is 9.83. The van der Waals surface area contributed by atoms with Gasteiger partial charge >= 0.3 is 0 Å². The lowest BCUT2D eigenvalue weighted by atomic mass is 10.0. The summed E-state index contributed by atoms with van der Waals surface area (Å²) in [5, 5.41) is 3.31. The number of rotatable bonds is 5. The van der Waals surface area contributed by atoms with Crippen molar-refractivity contribution in [3.05, 3.63) is 41.7 Å². The van der Waals surface area contributed by atoms with E-state index in [9.17, 15) is 0 Å². The lowest BCUT2D eigenvalue weighted by Gasteiger charge is -2.12. The van der Waals surface area contributed by atoms with Crippen molar-refractivity contribution < 1.29 is 0 Å². The Balaban J connectivity index is 2.45. The van der Waals surface area contributed by atoms with Crippen molar-refractivity contribution in [2.24, 2.45) is 0 Å². The summed E-state index contributed by atoms with van der Waals surface area (Å²) in [6, 6.07) is 4.63. The second-order valence-corrected chi connectivity index (χ2v) is 4.03. The molecule has 1 atom stereocenters. The van der Waals surface area contributed by atoms with Crippen LogP contribution in [0.3, 0.4) is 0 Å². The van der Waals surface area contributed by atoms with Gasteiger partial charge in [0.1, 0.15) is 0 Å². The Labute approximate surface area is 92.4 Å². The zero-order chi connectivity index (χ0) is 11.1. The van der Waals surface area contributed by atoms with E-state index in [0.717, 1.165) is 12.8 Å². The highest BCUT2D eigenvalue weighted by Crippen LogP contribution is 2.06. The fourth-order valence-corrected chi connectivity index (χ4v) is 1.58. The maximum atomic E-state index is 4.01. The number of likely N-dealkylation sites (N-methyl/N-ethyl adjacent to an activating group) is 1. The molecule has 15 heavy (non-hydrogen) atoms. The van der Waals surface area contributed by atoms with Crippen LogP contribution >= 0.6 is 0 Å². The predicted molar refractivity (Wildman–Crippen MR) is 64.8 cm³/mol. The second kappa shape index (κ2) is 6.36. The molecule has 0 saturated heterocycles. The van der Waals surface area contributed by atoms with E-state index in [1.807, 2.05) is 19.4 Å². The van der Waals surface area contributed by atoms with E-state index in [4.69, 9.17) is 0 Å². The minimum atomic E-state index is 0.475. The molecule has 0 aliphatic heterocycles. The molecule has 1 rings (SSSR count). The SMILES string of the molecule is CNC(C=C(C)C)CCc1ccncc1.